The largest absolute Gasteiger partial charge is 0.445 e. The molecule has 2 amide bonds. The number of carbonyl (C=O) groups excluding carboxylic acids is 3. The van der Waals surface area contributed by atoms with Crippen molar-refractivity contribution in [2.45, 2.75) is 50.3 Å². The first-order valence-electron chi connectivity index (χ1n) is 11.0. The Morgan fingerprint density at radius 3 is 2.64 bits per heavy atom. The van der Waals surface area contributed by atoms with E-state index in [4.69, 9.17) is 9.16 Å². The SMILES string of the molecule is C[SiH](C)OCCN1C(=O)CC1CC(=O)S[C@H]1CCN(C(=O)OCc2ccc([N+](=O)[O-])cc2)C1. The van der Waals surface area contributed by atoms with Crippen molar-refractivity contribution in [2.24, 2.45) is 0 Å². The Hall–Kier alpha value is -2.44. The fraction of sp³-hybridized carbons (Fsp3) is 0.571. The third-order valence-corrected chi connectivity index (χ3v) is 7.62. The number of carbonyl (C=O) groups is 3. The smallest absolute Gasteiger partial charge is 0.410 e. The summed E-state index contributed by atoms with van der Waals surface area (Å²) in [6.07, 6.45) is 0.949. The minimum atomic E-state index is -1.13. The minimum absolute atomic E-state index is 0.00364. The molecule has 2 heterocycles. The summed E-state index contributed by atoms with van der Waals surface area (Å²) in [5, 5.41) is 10.7. The summed E-state index contributed by atoms with van der Waals surface area (Å²) in [5.41, 5.74) is 0.643. The predicted octanol–water partition coefficient (Wildman–Crippen LogP) is 2.56. The van der Waals surface area contributed by atoms with Gasteiger partial charge in [0.2, 0.25) is 5.91 Å². The van der Waals surface area contributed by atoms with E-state index < -0.39 is 20.1 Å². The van der Waals surface area contributed by atoms with Gasteiger partial charge in [-0.1, -0.05) is 11.8 Å². The maximum Gasteiger partial charge on any atom is 0.410 e. The molecule has 0 aliphatic carbocycles. The molecule has 3 rings (SSSR count). The number of non-ortho nitro benzene ring substituents is 1. The summed E-state index contributed by atoms with van der Waals surface area (Å²) in [6, 6.07) is 5.79. The van der Waals surface area contributed by atoms with E-state index in [0.29, 0.717) is 51.1 Å². The van der Waals surface area contributed by atoms with E-state index in [0.717, 1.165) is 0 Å². The number of amides is 2. The fourth-order valence-electron chi connectivity index (χ4n) is 3.76. The van der Waals surface area contributed by atoms with Crippen LogP contribution < -0.4 is 0 Å². The number of nitro benzene ring substituents is 1. The number of rotatable bonds is 10. The highest BCUT2D eigenvalue weighted by atomic mass is 32.2. The summed E-state index contributed by atoms with van der Waals surface area (Å²) >= 11 is 1.24. The molecule has 1 aromatic carbocycles. The second-order valence-electron chi connectivity index (χ2n) is 8.39. The monoisotopic (exact) mass is 495 g/mol. The Labute approximate surface area is 198 Å². The zero-order valence-electron chi connectivity index (χ0n) is 18.8. The molecule has 1 aromatic rings. The average molecular weight is 496 g/mol. The molecule has 2 fully saturated rings. The Kier molecular flexibility index (Phi) is 8.86. The number of ether oxygens (including phenoxy) is 1. The van der Waals surface area contributed by atoms with E-state index >= 15 is 0 Å². The van der Waals surface area contributed by atoms with Gasteiger partial charge >= 0.3 is 6.09 Å². The first-order valence-corrected chi connectivity index (χ1v) is 14.6. The van der Waals surface area contributed by atoms with Crippen LogP contribution in [0.15, 0.2) is 24.3 Å². The molecule has 0 spiro atoms. The lowest BCUT2D eigenvalue weighted by Gasteiger charge is -2.40. The van der Waals surface area contributed by atoms with Crippen molar-refractivity contribution in [1.82, 2.24) is 9.80 Å². The maximum absolute atomic E-state index is 12.5. The minimum Gasteiger partial charge on any atom is -0.445 e. The Bertz CT molecular complexity index is 883. The molecule has 12 heteroatoms. The Morgan fingerprint density at radius 2 is 2.00 bits per heavy atom. The summed E-state index contributed by atoms with van der Waals surface area (Å²) in [6.45, 7) is 6.16. The molecule has 33 heavy (non-hydrogen) atoms. The van der Waals surface area contributed by atoms with E-state index in [1.165, 1.54) is 23.9 Å². The number of β-lactam (4-membered cyclic amide) rings is 1. The van der Waals surface area contributed by atoms with E-state index in [1.54, 1.807) is 21.9 Å². The molecule has 0 bridgehead atoms. The van der Waals surface area contributed by atoms with Crippen LogP contribution in [-0.4, -0.2) is 78.4 Å². The van der Waals surface area contributed by atoms with Crippen molar-refractivity contribution in [2.75, 3.05) is 26.2 Å². The van der Waals surface area contributed by atoms with Crippen LogP contribution >= 0.6 is 11.8 Å². The highest BCUT2D eigenvalue weighted by Gasteiger charge is 2.38. The summed E-state index contributed by atoms with van der Waals surface area (Å²) < 4.78 is 10.9. The van der Waals surface area contributed by atoms with Crippen LogP contribution in [0, 0.1) is 10.1 Å². The number of benzene rings is 1. The second kappa shape index (κ2) is 11.6. The number of nitrogens with zero attached hydrogens (tertiary/aromatic N) is 3. The van der Waals surface area contributed by atoms with Crippen molar-refractivity contribution in [3.63, 3.8) is 0 Å². The Morgan fingerprint density at radius 1 is 1.27 bits per heavy atom. The standard InChI is InChI=1S/C21H29N3O7SSi/c1-33(2)31-10-9-23-17(11-19(23)25)12-20(26)32-18-7-8-22(13-18)21(27)30-14-15-3-5-16(6-4-15)24(28)29/h3-6,17-18,33H,7-14H2,1-2H3/t17?,18-/m0/s1. The molecule has 0 radical (unpaired) electrons. The summed E-state index contributed by atoms with van der Waals surface area (Å²) in [7, 11) is -1.13. The molecule has 0 N–H and O–H groups in total. The average Bonchev–Trinajstić information content (AvgIpc) is 3.23. The van der Waals surface area contributed by atoms with Crippen molar-refractivity contribution < 1.29 is 28.5 Å². The normalized spacial score (nSPS) is 20.2. The number of hydrogen-bond donors (Lipinski definition) is 0. The lowest BCUT2D eigenvalue weighted by Crippen LogP contribution is -2.54. The lowest BCUT2D eigenvalue weighted by atomic mass is 9.99. The fourth-order valence-corrected chi connectivity index (χ4v) is 5.48. The molecule has 1 unspecified atom stereocenters. The van der Waals surface area contributed by atoms with Gasteiger partial charge < -0.3 is 19.0 Å². The van der Waals surface area contributed by atoms with Crippen LogP contribution in [-0.2, 0) is 25.4 Å². The first-order chi connectivity index (χ1) is 15.7. The zero-order chi connectivity index (χ0) is 24.0. The van der Waals surface area contributed by atoms with Gasteiger partial charge in [-0.15, -0.1) is 0 Å². The molecule has 2 aliphatic heterocycles. The van der Waals surface area contributed by atoms with E-state index in [-0.39, 0.29) is 34.6 Å². The topological polar surface area (TPSA) is 119 Å². The van der Waals surface area contributed by atoms with Crippen molar-refractivity contribution in [1.29, 1.82) is 0 Å². The van der Waals surface area contributed by atoms with Gasteiger partial charge in [0.15, 0.2) is 14.2 Å². The molecule has 180 valence electrons. The molecule has 2 atom stereocenters. The third-order valence-electron chi connectivity index (χ3n) is 5.57. The van der Waals surface area contributed by atoms with Crippen molar-refractivity contribution in [3.8, 4) is 0 Å². The van der Waals surface area contributed by atoms with Crippen molar-refractivity contribution in [3.05, 3.63) is 39.9 Å². The van der Waals surface area contributed by atoms with Crippen LogP contribution in [0.2, 0.25) is 13.1 Å². The quantitative estimate of drug-likeness (QED) is 0.210. The number of nitro groups is 1. The van der Waals surface area contributed by atoms with Gasteiger partial charge in [0.25, 0.3) is 5.69 Å². The van der Waals surface area contributed by atoms with Gasteiger partial charge in [-0.25, -0.2) is 4.79 Å². The van der Waals surface area contributed by atoms with Gasteiger partial charge in [-0.05, 0) is 37.2 Å². The number of likely N-dealkylation sites (tertiary alicyclic amines) is 2. The molecule has 10 nitrogen and oxygen atoms in total. The highest BCUT2D eigenvalue weighted by molar-refractivity contribution is 8.14. The van der Waals surface area contributed by atoms with E-state index in [9.17, 15) is 24.5 Å². The first kappa shape index (κ1) is 25.2. The van der Waals surface area contributed by atoms with Crippen LogP contribution in [0.1, 0.15) is 24.8 Å². The molecular weight excluding hydrogens is 466 g/mol. The molecule has 2 aliphatic rings. The zero-order valence-corrected chi connectivity index (χ0v) is 20.8. The summed E-state index contributed by atoms with van der Waals surface area (Å²) in [4.78, 5) is 50.2. The number of thioether (sulfide) groups is 1. The van der Waals surface area contributed by atoms with Gasteiger partial charge in [0.1, 0.15) is 6.61 Å². The van der Waals surface area contributed by atoms with Gasteiger partial charge in [0.05, 0.1) is 11.5 Å². The molecule has 0 saturated carbocycles. The van der Waals surface area contributed by atoms with E-state index in [2.05, 4.69) is 13.1 Å². The van der Waals surface area contributed by atoms with Gasteiger partial charge in [-0.3, -0.25) is 19.7 Å². The highest BCUT2D eigenvalue weighted by Crippen LogP contribution is 2.29. The van der Waals surface area contributed by atoms with Gasteiger partial charge in [0, 0.05) is 55.9 Å². The molecule has 2 saturated heterocycles. The van der Waals surface area contributed by atoms with Crippen LogP contribution in [0.25, 0.3) is 0 Å². The lowest BCUT2D eigenvalue weighted by molar-refractivity contribution is -0.384. The predicted molar refractivity (Wildman–Crippen MR) is 125 cm³/mol. The van der Waals surface area contributed by atoms with E-state index in [1.807, 2.05) is 0 Å². The van der Waals surface area contributed by atoms with Gasteiger partial charge in [-0.2, -0.15) is 0 Å². The summed E-state index contributed by atoms with van der Waals surface area (Å²) in [5.74, 6) is 0.0645. The molecular formula is C21H29N3O7SSi. The van der Waals surface area contributed by atoms with Crippen molar-refractivity contribution >= 4 is 43.6 Å². The van der Waals surface area contributed by atoms with Crippen LogP contribution in [0.3, 0.4) is 0 Å². The maximum atomic E-state index is 12.5. The van der Waals surface area contributed by atoms with Crippen LogP contribution in [0.5, 0.6) is 0 Å². The number of hydrogen-bond acceptors (Lipinski definition) is 8. The second-order valence-corrected chi connectivity index (χ2v) is 12.2. The Balaban J connectivity index is 1.37. The molecule has 0 aromatic heterocycles. The third kappa shape index (κ3) is 7.27. The van der Waals surface area contributed by atoms with Crippen LogP contribution in [0.4, 0.5) is 10.5 Å².